The topological polar surface area (TPSA) is 64.4 Å². The van der Waals surface area contributed by atoms with Crippen LogP contribution in [0.1, 0.15) is 12.8 Å². The number of nitro groups is 1. The molecule has 1 unspecified atom stereocenters. The Morgan fingerprint density at radius 3 is 2.89 bits per heavy atom. The molecule has 2 rings (SSSR count). The largest absolute Gasteiger partial charge is 0.485 e. The van der Waals surface area contributed by atoms with Crippen LogP contribution >= 0.6 is 0 Å². The summed E-state index contributed by atoms with van der Waals surface area (Å²) in [5, 5.41) is 13.8. The van der Waals surface area contributed by atoms with E-state index in [1.54, 1.807) is 0 Å². The molecule has 0 aliphatic carbocycles. The van der Waals surface area contributed by atoms with Crippen LogP contribution in [-0.2, 0) is 0 Å². The number of ether oxygens (including phenoxy) is 1. The van der Waals surface area contributed by atoms with Crippen molar-refractivity contribution >= 4 is 5.69 Å². The number of nitro benzene ring substituents is 1. The van der Waals surface area contributed by atoms with Crippen molar-refractivity contribution < 1.29 is 18.4 Å². The third-order valence-corrected chi connectivity index (χ3v) is 2.78. The summed E-state index contributed by atoms with van der Waals surface area (Å²) >= 11 is 0. The van der Waals surface area contributed by atoms with Gasteiger partial charge in [-0.1, -0.05) is 0 Å². The van der Waals surface area contributed by atoms with Crippen molar-refractivity contribution in [2.75, 3.05) is 13.2 Å². The van der Waals surface area contributed by atoms with E-state index in [4.69, 9.17) is 4.74 Å². The predicted octanol–water partition coefficient (Wildman–Crippen LogP) is 2.00. The van der Waals surface area contributed by atoms with Crippen LogP contribution in [0.5, 0.6) is 5.75 Å². The first-order valence-electron chi connectivity index (χ1n) is 5.57. The van der Waals surface area contributed by atoms with Gasteiger partial charge in [0, 0.05) is 18.2 Å². The van der Waals surface area contributed by atoms with Crippen molar-refractivity contribution in [2.45, 2.75) is 18.9 Å². The van der Waals surface area contributed by atoms with E-state index in [2.05, 4.69) is 5.32 Å². The maximum absolute atomic E-state index is 13.3. The quantitative estimate of drug-likeness (QED) is 0.662. The third-order valence-electron chi connectivity index (χ3n) is 2.78. The van der Waals surface area contributed by atoms with E-state index in [0.717, 1.165) is 25.5 Å². The molecule has 0 radical (unpaired) electrons. The molecule has 0 amide bonds. The van der Waals surface area contributed by atoms with Gasteiger partial charge in [0.2, 0.25) is 11.6 Å². The van der Waals surface area contributed by atoms with Gasteiger partial charge in [-0.05, 0) is 19.4 Å². The molecule has 98 valence electrons. The smallest absolute Gasteiger partial charge is 0.346 e. The first kappa shape index (κ1) is 12.7. The highest BCUT2D eigenvalue weighted by Gasteiger charge is 2.24. The molecule has 1 fully saturated rings. The molecule has 0 saturated carbocycles. The van der Waals surface area contributed by atoms with Gasteiger partial charge in [-0.15, -0.1) is 0 Å². The monoisotopic (exact) mass is 258 g/mol. The number of benzene rings is 1. The Kier molecular flexibility index (Phi) is 3.71. The molecular weight excluding hydrogens is 246 g/mol. The molecular formula is C11H12F2N2O3. The number of halogens is 2. The van der Waals surface area contributed by atoms with Gasteiger partial charge in [-0.3, -0.25) is 10.1 Å². The lowest BCUT2D eigenvalue weighted by atomic mass is 10.2. The maximum Gasteiger partial charge on any atom is 0.346 e. The van der Waals surface area contributed by atoms with E-state index < -0.39 is 22.2 Å². The molecule has 1 aromatic carbocycles. The Bertz CT molecular complexity index is 462. The fourth-order valence-electron chi connectivity index (χ4n) is 1.92. The molecule has 1 aliphatic rings. The van der Waals surface area contributed by atoms with Gasteiger partial charge < -0.3 is 10.1 Å². The molecule has 1 aliphatic heterocycles. The maximum atomic E-state index is 13.3. The zero-order chi connectivity index (χ0) is 13.1. The lowest BCUT2D eigenvalue weighted by Crippen LogP contribution is -2.28. The standard InChI is InChI=1S/C11H12F2N2O3/c12-7-4-9(13)11(15(16)17)10(5-7)18-6-8-2-1-3-14-8/h4-5,8,14H,1-3,6H2. The van der Waals surface area contributed by atoms with Crippen LogP contribution in [0.3, 0.4) is 0 Å². The third kappa shape index (κ3) is 2.73. The Labute approximate surface area is 102 Å². The fraction of sp³-hybridized carbons (Fsp3) is 0.455. The zero-order valence-corrected chi connectivity index (χ0v) is 9.49. The van der Waals surface area contributed by atoms with Crippen molar-refractivity contribution in [1.29, 1.82) is 0 Å². The summed E-state index contributed by atoms with van der Waals surface area (Å²) in [5.41, 5.74) is -0.825. The van der Waals surface area contributed by atoms with Crippen molar-refractivity contribution in [1.82, 2.24) is 5.32 Å². The minimum absolute atomic E-state index is 0.0657. The number of nitrogens with zero attached hydrogens (tertiary/aromatic N) is 1. The Hall–Kier alpha value is -1.76. The number of rotatable bonds is 4. The van der Waals surface area contributed by atoms with Crippen molar-refractivity contribution in [3.63, 3.8) is 0 Å². The summed E-state index contributed by atoms with van der Waals surface area (Å²) in [6.45, 7) is 1.01. The van der Waals surface area contributed by atoms with Gasteiger partial charge in [0.1, 0.15) is 12.4 Å². The minimum atomic E-state index is -1.23. The van der Waals surface area contributed by atoms with E-state index in [1.807, 2.05) is 0 Å². The summed E-state index contributed by atoms with van der Waals surface area (Å²) in [6.07, 6.45) is 1.87. The van der Waals surface area contributed by atoms with Crippen LogP contribution in [0.25, 0.3) is 0 Å². The van der Waals surface area contributed by atoms with Crippen molar-refractivity contribution in [3.05, 3.63) is 33.9 Å². The Morgan fingerprint density at radius 1 is 1.50 bits per heavy atom. The molecule has 1 heterocycles. The molecule has 1 N–H and O–H groups in total. The zero-order valence-electron chi connectivity index (χ0n) is 9.49. The van der Waals surface area contributed by atoms with Gasteiger partial charge in [0.15, 0.2) is 0 Å². The molecule has 1 saturated heterocycles. The van der Waals surface area contributed by atoms with E-state index in [1.165, 1.54) is 0 Å². The van der Waals surface area contributed by atoms with Gasteiger partial charge in [0.25, 0.3) is 0 Å². The van der Waals surface area contributed by atoms with E-state index in [0.29, 0.717) is 6.07 Å². The lowest BCUT2D eigenvalue weighted by Gasteiger charge is -2.12. The Balaban J connectivity index is 2.16. The molecule has 1 atom stereocenters. The van der Waals surface area contributed by atoms with Gasteiger partial charge in [-0.25, -0.2) is 4.39 Å². The van der Waals surface area contributed by atoms with Crippen molar-refractivity contribution in [2.24, 2.45) is 0 Å². The highest BCUT2D eigenvalue weighted by molar-refractivity contribution is 5.47. The van der Waals surface area contributed by atoms with Gasteiger partial charge in [0.05, 0.1) is 4.92 Å². The molecule has 0 spiro atoms. The second kappa shape index (κ2) is 5.26. The van der Waals surface area contributed by atoms with Crippen LogP contribution in [-0.4, -0.2) is 24.1 Å². The molecule has 7 heteroatoms. The van der Waals surface area contributed by atoms with Gasteiger partial charge >= 0.3 is 5.69 Å². The van der Waals surface area contributed by atoms with E-state index >= 15 is 0 Å². The average Bonchev–Trinajstić information content (AvgIpc) is 2.77. The molecule has 1 aromatic rings. The predicted molar refractivity (Wildman–Crippen MR) is 59.5 cm³/mol. The lowest BCUT2D eigenvalue weighted by molar-refractivity contribution is -0.388. The molecule has 18 heavy (non-hydrogen) atoms. The highest BCUT2D eigenvalue weighted by atomic mass is 19.1. The second-order valence-corrected chi connectivity index (χ2v) is 4.10. The number of hydrogen-bond donors (Lipinski definition) is 1. The second-order valence-electron chi connectivity index (χ2n) is 4.10. The van der Waals surface area contributed by atoms with Crippen LogP contribution in [0.15, 0.2) is 12.1 Å². The first-order valence-corrected chi connectivity index (χ1v) is 5.57. The Morgan fingerprint density at radius 2 is 2.28 bits per heavy atom. The summed E-state index contributed by atoms with van der Waals surface area (Å²) in [4.78, 5) is 9.79. The van der Waals surface area contributed by atoms with E-state index in [9.17, 15) is 18.9 Å². The SMILES string of the molecule is O=[N+]([O-])c1c(F)cc(F)cc1OCC1CCCN1. The number of hydrogen-bond acceptors (Lipinski definition) is 4. The van der Waals surface area contributed by atoms with Crippen LogP contribution in [0, 0.1) is 21.7 Å². The highest BCUT2D eigenvalue weighted by Crippen LogP contribution is 2.31. The van der Waals surface area contributed by atoms with E-state index in [-0.39, 0.29) is 18.4 Å². The molecule has 0 aromatic heterocycles. The summed E-state index contributed by atoms with van der Waals surface area (Å²) in [7, 11) is 0. The fourth-order valence-corrected chi connectivity index (χ4v) is 1.92. The normalized spacial score (nSPS) is 18.9. The summed E-state index contributed by atoms with van der Waals surface area (Å²) in [5.74, 6) is -2.49. The van der Waals surface area contributed by atoms with Gasteiger partial charge in [-0.2, -0.15) is 4.39 Å². The summed E-state index contributed by atoms with van der Waals surface area (Å²) in [6, 6.07) is 1.37. The van der Waals surface area contributed by atoms with Crippen LogP contribution in [0.2, 0.25) is 0 Å². The number of nitrogens with one attached hydrogen (secondary N) is 1. The van der Waals surface area contributed by atoms with Crippen LogP contribution in [0.4, 0.5) is 14.5 Å². The summed E-state index contributed by atoms with van der Waals surface area (Å²) < 4.78 is 31.5. The first-order chi connectivity index (χ1) is 8.58. The molecule has 5 nitrogen and oxygen atoms in total. The minimum Gasteiger partial charge on any atom is -0.485 e. The van der Waals surface area contributed by atoms with Crippen molar-refractivity contribution in [3.8, 4) is 5.75 Å². The molecule has 0 bridgehead atoms. The average molecular weight is 258 g/mol. The van der Waals surface area contributed by atoms with Crippen LogP contribution < -0.4 is 10.1 Å².